The van der Waals surface area contributed by atoms with Crippen LogP contribution in [0.2, 0.25) is 0 Å². The minimum absolute atomic E-state index is 0.0222. The van der Waals surface area contributed by atoms with Crippen LogP contribution in [-0.4, -0.2) is 56.2 Å². The maximum absolute atomic E-state index is 12.6. The number of ketones is 1. The molecule has 9 nitrogen and oxygen atoms in total. The Balaban J connectivity index is 1.85. The normalized spacial score (nSPS) is 16.3. The van der Waals surface area contributed by atoms with Gasteiger partial charge in [-0.05, 0) is 0 Å². The average molecular weight is 351 g/mol. The topological polar surface area (TPSA) is 111 Å². The quantitative estimate of drug-likeness (QED) is 0.570. The van der Waals surface area contributed by atoms with Crippen LogP contribution >= 0.6 is 0 Å². The minimum atomic E-state index is -3.25. The van der Waals surface area contributed by atoms with Gasteiger partial charge in [0.25, 0.3) is 5.78 Å². The molecule has 0 aliphatic carbocycles. The van der Waals surface area contributed by atoms with Crippen molar-refractivity contribution >= 4 is 21.7 Å². The van der Waals surface area contributed by atoms with Gasteiger partial charge in [-0.15, -0.1) is 0 Å². The fourth-order valence-electron chi connectivity index (χ4n) is 2.57. The number of rotatable bonds is 4. The summed E-state index contributed by atoms with van der Waals surface area (Å²) < 4.78 is 29.4. The molecule has 128 valence electrons. The molecule has 0 saturated carbocycles. The predicted octanol–water partition coefficient (Wildman–Crippen LogP) is 0.0900. The average Bonchev–Trinajstić information content (AvgIpc) is 2.96. The molecular weight excluding hydrogens is 334 g/mol. The summed E-state index contributed by atoms with van der Waals surface area (Å²) in [6.45, 7) is 1.26. The van der Waals surface area contributed by atoms with Crippen molar-refractivity contribution in [1.29, 1.82) is 0 Å². The summed E-state index contributed by atoms with van der Waals surface area (Å²) in [5, 5.41) is 5.46. The third-order valence-corrected chi connectivity index (χ3v) is 5.13. The highest BCUT2D eigenvalue weighted by atomic mass is 32.2. The molecular formula is C14H17N5O4S. The van der Waals surface area contributed by atoms with Gasteiger partial charge in [0.05, 0.1) is 24.1 Å². The van der Waals surface area contributed by atoms with Gasteiger partial charge in [-0.25, -0.2) is 8.42 Å². The molecule has 0 radical (unpaired) electrons. The molecule has 1 aliphatic heterocycles. The van der Waals surface area contributed by atoms with Crippen molar-refractivity contribution in [3.05, 3.63) is 47.3 Å². The Morgan fingerprint density at radius 2 is 1.83 bits per heavy atom. The molecule has 2 heterocycles. The minimum Gasteiger partial charge on any atom is -0.659 e. The number of hydrogen-bond acceptors (Lipinski definition) is 6. The number of sulfonamides is 1. The Labute approximate surface area is 139 Å². The molecule has 1 aromatic carbocycles. The highest BCUT2D eigenvalue weighted by molar-refractivity contribution is 7.88. The molecule has 0 unspecified atom stereocenters. The standard InChI is InChI=1S/C14H17N5O4S/c1-24(21,22)18-9-7-17(8-10-18)19-12(14(15)23-16-19)13(20)11-5-3-2-4-6-11/h2-6H,7-10H2,1H3,(H-,15,16,20). The lowest BCUT2D eigenvalue weighted by Crippen LogP contribution is -2.67. The van der Waals surface area contributed by atoms with E-state index in [4.69, 9.17) is 10.3 Å². The first-order chi connectivity index (χ1) is 11.4. The Morgan fingerprint density at radius 1 is 1.21 bits per heavy atom. The second-order valence-corrected chi connectivity index (χ2v) is 7.43. The first-order valence-electron chi connectivity index (χ1n) is 7.31. The van der Waals surface area contributed by atoms with Crippen LogP contribution in [0.4, 0.5) is 5.88 Å². The SMILES string of the molecule is CS(=O)(=O)N1CCN([n+]2noc([NH-])c2C(=O)c2ccccc2)CC1. The van der Waals surface area contributed by atoms with E-state index < -0.39 is 10.0 Å². The Kier molecular flexibility index (Phi) is 4.24. The Bertz CT molecular complexity index is 841. The van der Waals surface area contributed by atoms with Crippen molar-refractivity contribution in [1.82, 2.24) is 9.58 Å². The number of benzene rings is 1. The Morgan fingerprint density at radius 3 is 2.42 bits per heavy atom. The van der Waals surface area contributed by atoms with E-state index in [1.807, 2.05) is 0 Å². The van der Waals surface area contributed by atoms with Crippen molar-refractivity contribution in [2.24, 2.45) is 0 Å². The van der Waals surface area contributed by atoms with Gasteiger partial charge in [0.1, 0.15) is 5.88 Å². The van der Waals surface area contributed by atoms with Crippen LogP contribution < -0.4 is 9.80 Å². The third kappa shape index (κ3) is 3.10. The van der Waals surface area contributed by atoms with Gasteiger partial charge in [0, 0.05) is 18.7 Å². The maximum atomic E-state index is 12.6. The van der Waals surface area contributed by atoms with Crippen molar-refractivity contribution in [2.75, 3.05) is 37.4 Å². The van der Waals surface area contributed by atoms with Crippen LogP contribution in [0.3, 0.4) is 0 Å². The van der Waals surface area contributed by atoms with Crippen LogP contribution in [0.15, 0.2) is 34.9 Å². The van der Waals surface area contributed by atoms with E-state index in [0.717, 1.165) is 6.26 Å². The first-order valence-corrected chi connectivity index (χ1v) is 9.16. The largest absolute Gasteiger partial charge is 0.659 e. The Hall–Kier alpha value is -2.46. The molecule has 1 saturated heterocycles. The molecule has 1 N–H and O–H groups in total. The second-order valence-electron chi connectivity index (χ2n) is 5.45. The lowest BCUT2D eigenvalue weighted by Gasteiger charge is -2.28. The predicted molar refractivity (Wildman–Crippen MR) is 84.9 cm³/mol. The molecule has 1 aliphatic rings. The van der Waals surface area contributed by atoms with E-state index in [0.29, 0.717) is 18.7 Å². The van der Waals surface area contributed by atoms with Gasteiger partial charge >= 0.3 is 5.69 Å². The summed E-state index contributed by atoms with van der Waals surface area (Å²) >= 11 is 0. The van der Waals surface area contributed by atoms with Gasteiger partial charge in [0.15, 0.2) is 0 Å². The number of hydrogen-bond donors (Lipinski definition) is 0. The van der Waals surface area contributed by atoms with E-state index in [2.05, 4.69) is 5.27 Å². The number of nitrogens with one attached hydrogen (secondary N) is 1. The number of nitrogens with zero attached hydrogens (tertiary/aromatic N) is 4. The summed E-state index contributed by atoms with van der Waals surface area (Å²) in [6, 6.07) is 8.57. The number of carbonyl (C=O) groups excluding carboxylic acids is 1. The molecule has 1 aromatic heterocycles. The molecule has 3 rings (SSSR count). The lowest BCUT2D eigenvalue weighted by molar-refractivity contribution is -0.760. The molecule has 10 heteroatoms. The maximum Gasteiger partial charge on any atom is 0.339 e. The highest BCUT2D eigenvalue weighted by Gasteiger charge is 2.35. The van der Waals surface area contributed by atoms with Crippen LogP contribution in [-0.2, 0) is 10.0 Å². The van der Waals surface area contributed by atoms with Gasteiger partial charge in [-0.1, -0.05) is 30.3 Å². The summed E-state index contributed by atoms with van der Waals surface area (Å²) in [5.41, 5.74) is 8.28. The van der Waals surface area contributed by atoms with Crippen LogP contribution in [0.25, 0.3) is 5.73 Å². The van der Waals surface area contributed by atoms with Crippen molar-refractivity contribution in [3.8, 4) is 0 Å². The van der Waals surface area contributed by atoms with E-state index in [1.165, 1.54) is 9.10 Å². The smallest absolute Gasteiger partial charge is 0.339 e. The zero-order chi connectivity index (χ0) is 17.3. The summed E-state index contributed by atoms with van der Waals surface area (Å²) in [6.07, 6.45) is 1.16. The van der Waals surface area contributed by atoms with Crippen molar-refractivity contribution in [3.63, 3.8) is 0 Å². The molecule has 0 atom stereocenters. The van der Waals surface area contributed by atoms with Crippen LogP contribution in [0, 0.1) is 0 Å². The van der Waals surface area contributed by atoms with Gasteiger partial charge < -0.3 is 10.3 Å². The van der Waals surface area contributed by atoms with Gasteiger partial charge in [-0.3, -0.25) is 4.79 Å². The fourth-order valence-corrected chi connectivity index (χ4v) is 3.39. The second kappa shape index (κ2) is 6.21. The number of carbonyl (C=O) groups is 1. The fraction of sp³-hybridized carbons (Fsp3) is 0.357. The molecule has 0 amide bonds. The number of piperazine rings is 1. The van der Waals surface area contributed by atoms with Gasteiger partial charge in [-0.2, -0.15) is 9.31 Å². The summed E-state index contributed by atoms with van der Waals surface area (Å²) in [5.74, 6) is -0.693. The highest BCUT2D eigenvalue weighted by Crippen LogP contribution is 2.17. The van der Waals surface area contributed by atoms with E-state index in [-0.39, 0.29) is 30.5 Å². The summed E-state index contributed by atoms with van der Waals surface area (Å²) in [4.78, 5) is 13.9. The molecule has 1 fully saturated rings. The lowest BCUT2D eigenvalue weighted by atomic mass is 10.1. The van der Waals surface area contributed by atoms with Crippen molar-refractivity contribution in [2.45, 2.75) is 0 Å². The molecule has 0 bridgehead atoms. The molecule has 2 aromatic rings. The molecule has 0 spiro atoms. The number of aromatic nitrogens is 2. The van der Waals surface area contributed by atoms with E-state index in [9.17, 15) is 13.2 Å². The van der Waals surface area contributed by atoms with Crippen LogP contribution in [0.5, 0.6) is 0 Å². The summed E-state index contributed by atoms with van der Waals surface area (Å²) in [7, 11) is -3.25. The molecule has 24 heavy (non-hydrogen) atoms. The third-order valence-electron chi connectivity index (χ3n) is 3.83. The zero-order valence-electron chi connectivity index (χ0n) is 13.0. The van der Waals surface area contributed by atoms with Gasteiger partial charge in [0.2, 0.25) is 15.3 Å². The zero-order valence-corrected chi connectivity index (χ0v) is 13.9. The van der Waals surface area contributed by atoms with Crippen LogP contribution in [0.1, 0.15) is 16.1 Å². The van der Waals surface area contributed by atoms with Crippen molar-refractivity contribution < 1.29 is 22.5 Å². The first kappa shape index (κ1) is 16.4. The van der Waals surface area contributed by atoms with E-state index >= 15 is 0 Å². The van der Waals surface area contributed by atoms with E-state index in [1.54, 1.807) is 35.3 Å². The monoisotopic (exact) mass is 351 g/mol.